The third-order valence-corrected chi connectivity index (χ3v) is 3.56. The van der Waals surface area contributed by atoms with E-state index in [9.17, 15) is 5.11 Å². The summed E-state index contributed by atoms with van der Waals surface area (Å²) in [4.78, 5) is 0. The average molecular weight is 372 g/mol. The van der Waals surface area contributed by atoms with E-state index in [2.05, 4.69) is 10.5 Å². The van der Waals surface area contributed by atoms with Gasteiger partial charge < -0.3 is 5.11 Å². The molecule has 0 unspecified atom stereocenters. The molecule has 0 fully saturated rings. The molecule has 2 rings (SSSR count). The summed E-state index contributed by atoms with van der Waals surface area (Å²) in [5.74, 6) is 0. The largest absolute Gasteiger partial charge is 0.393 e. The van der Waals surface area contributed by atoms with E-state index in [4.69, 9.17) is 34.8 Å². The van der Waals surface area contributed by atoms with E-state index in [1.165, 1.54) is 0 Å². The van der Waals surface area contributed by atoms with Gasteiger partial charge in [0, 0.05) is 12.8 Å². The van der Waals surface area contributed by atoms with Crippen molar-refractivity contribution in [1.82, 2.24) is 0 Å². The Morgan fingerprint density at radius 2 is 1.57 bits per heavy atom. The zero-order valence-electron chi connectivity index (χ0n) is 12.3. The van der Waals surface area contributed by atoms with E-state index in [1.54, 1.807) is 0 Å². The smallest absolute Gasteiger partial charge is 0.193 e. The van der Waals surface area contributed by atoms with Crippen molar-refractivity contribution in [3.63, 3.8) is 0 Å². The highest BCUT2D eigenvalue weighted by molar-refractivity contribution is 6.67. The lowest BCUT2D eigenvalue weighted by atomic mass is 10.0. The first-order valence-electron chi connectivity index (χ1n) is 7.12. The molecule has 0 radical (unpaired) electrons. The molecule has 122 valence electrons. The second-order valence-corrected chi connectivity index (χ2v) is 7.60. The molecule has 0 bridgehead atoms. The lowest BCUT2D eigenvalue weighted by Gasteiger charge is -2.17. The number of rotatable bonds is 6. The first kappa shape index (κ1) is 18.1. The van der Waals surface area contributed by atoms with E-state index in [-0.39, 0.29) is 12.8 Å². The molecule has 1 atom stereocenters. The minimum absolute atomic E-state index is 0.0366. The summed E-state index contributed by atoms with van der Waals surface area (Å²) in [6.07, 6.45) is -0.494. The minimum atomic E-state index is -1.49. The quantitative estimate of drug-likeness (QED) is 0.426. The Labute approximate surface area is 150 Å². The van der Waals surface area contributed by atoms with Crippen molar-refractivity contribution in [1.29, 1.82) is 0 Å². The van der Waals surface area contributed by atoms with Gasteiger partial charge in [-0.1, -0.05) is 83.3 Å². The highest BCUT2D eigenvalue weighted by Crippen LogP contribution is 2.32. The van der Waals surface area contributed by atoms with Gasteiger partial charge in [-0.25, -0.2) is 0 Å². The fourth-order valence-electron chi connectivity index (χ4n) is 2.07. The zero-order valence-corrected chi connectivity index (χ0v) is 14.6. The summed E-state index contributed by atoms with van der Waals surface area (Å²) in [7, 11) is 0. The van der Waals surface area contributed by atoms with Crippen LogP contribution >= 0.6 is 34.8 Å². The highest BCUT2D eigenvalue weighted by Gasteiger charge is 2.25. The summed E-state index contributed by atoms with van der Waals surface area (Å²) in [5.41, 5.74) is 5.44. The van der Waals surface area contributed by atoms with Gasteiger partial charge in [-0.05, 0) is 17.7 Å². The SMILES string of the molecule is O[C@H](CC(=NNc1ccccc1)c1ccccc1)CC(Cl)(Cl)Cl. The Morgan fingerprint density at radius 1 is 1.00 bits per heavy atom. The van der Waals surface area contributed by atoms with E-state index >= 15 is 0 Å². The molecule has 0 aromatic heterocycles. The van der Waals surface area contributed by atoms with Crippen molar-refractivity contribution in [2.45, 2.75) is 22.7 Å². The van der Waals surface area contributed by atoms with Gasteiger partial charge in [-0.15, -0.1) is 0 Å². The van der Waals surface area contributed by atoms with Crippen LogP contribution in [0.1, 0.15) is 18.4 Å². The van der Waals surface area contributed by atoms with Crippen LogP contribution in [-0.2, 0) is 0 Å². The first-order chi connectivity index (χ1) is 10.9. The van der Waals surface area contributed by atoms with Gasteiger partial charge in [0.25, 0.3) is 0 Å². The minimum Gasteiger partial charge on any atom is -0.393 e. The monoisotopic (exact) mass is 370 g/mol. The van der Waals surface area contributed by atoms with Gasteiger partial charge in [0.1, 0.15) is 0 Å². The third-order valence-electron chi connectivity index (χ3n) is 3.10. The maximum atomic E-state index is 10.2. The molecule has 0 aliphatic carbocycles. The lowest BCUT2D eigenvalue weighted by Crippen LogP contribution is -2.21. The number of benzene rings is 2. The van der Waals surface area contributed by atoms with Crippen molar-refractivity contribution >= 4 is 46.2 Å². The maximum absolute atomic E-state index is 10.2. The molecule has 2 N–H and O–H groups in total. The zero-order chi connectivity index (χ0) is 16.7. The number of nitrogens with zero attached hydrogens (tertiary/aromatic N) is 1. The number of para-hydroxylation sites is 1. The number of hydrazone groups is 1. The van der Waals surface area contributed by atoms with Crippen molar-refractivity contribution < 1.29 is 5.11 Å². The number of hydrogen-bond donors (Lipinski definition) is 2. The number of aliphatic hydroxyl groups is 1. The first-order valence-corrected chi connectivity index (χ1v) is 8.25. The number of halogens is 3. The summed E-state index contributed by atoms with van der Waals surface area (Å²) >= 11 is 17.2. The number of anilines is 1. The van der Waals surface area contributed by atoms with Gasteiger partial charge in [0.15, 0.2) is 3.79 Å². The predicted octanol–water partition coefficient (Wildman–Crippen LogP) is 5.01. The molecule has 2 aromatic carbocycles. The fraction of sp³-hybridized carbons (Fsp3) is 0.235. The van der Waals surface area contributed by atoms with Gasteiger partial charge in [-0.3, -0.25) is 5.43 Å². The Hall–Kier alpha value is -1.26. The summed E-state index contributed by atoms with van der Waals surface area (Å²) in [5, 5.41) is 14.6. The van der Waals surface area contributed by atoms with Crippen LogP contribution in [0.15, 0.2) is 65.8 Å². The van der Waals surface area contributed by atoms with Crippen LogP contribution in [-0.4, -0.2) is 20.7 Å². The Morgan fingerprint density at radius 3 is 2.13 bits per heavy atom. The van der Waals surface area contributed by atoms with E-state index in [0.29, 0.717) is 5.71 Å². The van der Waals surface area contributed by atoms with Crippen molar-refractivity contribution in [3.05, 3.63) is 66.2 Å². The highest BCUT2D eigenvalue weighted by atomic mass is 35.6. The molecule has 23 heavy (non-hydrogen) atoms. The standard InChI is InChI=1S/C17H17Cl3N2O/c18-17(19,20)12-15(23)11-16(13-7-3-1-4-8-13)22-21-14-9-5-2-6-10-14/h1-10,15,21,23H,11-12H2/t15-/m1/s1. The fourth-order valence-corrected chi connectivity index (χ4v) is 2.60. The topological polar surface area (TPSA) is 44.6 Å². The number of aliphatic hydroxyl groups excluding tert-OH is 1. The number of nitrogens with one attached hydrogen (secondary N) is 1. The Bertz CT molecular complexity index is 627. The molecule has 0 heterocycles. The molecule has 0 saturated carbocycles. The molecule has 6 heteroatoms. The molecule has 0 amide bonds. The number of alkyl halides is 3. The normalized spacial score (nSPS) is 13.7. The molecule has 0 aliphatic heterocycles. The second kappa shape index (κ2) is 8.55. The maximum Gasteiger partial charge on any atom is 0.193 e. The third kappa shape index (κ3) is 6.80. The average Bonchev–Trinajstić information content (AvgIpc) is 2.51. The predicted molar refractivity (Wildman–Crippen MR) is 98.6 cm³/mol. The summed E-state index contributed by atoms with van der Waals surface area (Å²) < 4.78 is -1.49. The van der Waals surface area contributed by atoms with Crippen LogP contribution in [0.4, 0.5) is 5.69 Å². The van der Waals surface area contributed by atoms with Gasteiger partial charge in [-0.2, -0.15) is 5.10 Å². The molecule has 0 saturated heterocycles. The summed E-state index contributed by atoms with van der Waals surface area (Å²) in [6, 6.07) is 19.2. The molecule has 2 aromatic rings. The Balaban J connectivity index is 2.15. The van der Waals surface area contributed by atoms with E-state index in [1.807, 2.05) is 60.7 Å². The molecule has 3 nitrogen and oxygen atoms in total. The molecule has 0 aliphatic rings. The van der Waals surface area contributed by atoms with E-state index < -0.39 is 9.90 Å². The van der Waals surface area contributed by atoms with Crippen LogP contribution in [0, 0.1) is 0 Å². The van der Waals surface area contributed by atoms with Crippen LogP contribution in [0.3, 0.4) is 0 Å². The number of hydrogen-bond acceptors (Lipinski definition) is 3. The van der Waals surface area contributed by atoms with Crippen LogP contribution in [0.25, 0.3) is 0 Å². The van der Waals surface area contributed by atoms with Gasteiger partial charge in [0.2, 0.25) is 0 Å². The lowest BCUT2D eigenvalue weighted by molar-refractivity contribution is 0.174. The van der Waals surface area contributed by atoms with E-state index in [0.717, 1.165) is 11.3 Å². The summed E-state index contributed by atoms with van der Waals surface area (Å²) in [6.45, 7) is 0. The van der Waals surface area contributed by atoms with Gasteiger partial charge in [0.05, 0.1) is 17.5 Å². The van der Waals surface area contributed by atoms with Crippen LogP contribution in [0.5, 0.6) is 0 Å². The van der Waals surface area contributed by atoms with Crippen molar-refractivity contribution in [3.8, 4) is 0 Å². The van der Waals surface area contributed by atoms with Crippen LogP contribution in [0.2, 0.25) is 0 Å². The second-order valence-electron chi connectivity index (χ2n) is 5.08. The molecular weight excluding hydrogens is 355 g/mol. The van der Waals surface area contributed by atoms with Crippen molar-refractivity contribution in [2.75, 3.05) is 5.43 Å². The van der Waals surface area contributed by atoms with Gasteiger partial charge >= 0.3 is 0 Å². The molecular formula is C17H17Cl3N2O. The van der Waals surface area contributed by atoms with Crippen LogP contribution < -0.4 is 5.43 Å². The Kier molecular flexibility index (Phi) is 6.72. The molecule has 0 spiro atoms. The van der Waals surface area contributed by atoms with Crippen molar-refractivity contribution in [2.24, 2.45) is 5.10 Å².